The standard InChI is InChI=1S/C24H28N4O3S/c29-24(26-12-9-22(10-13-26)27-16-11-25-18-27)20-7-14-28(15-8-20)32(30,31)23-6-5-19-3-1-2-4-21(19)17-23/h1-6,11,16-18,20,22H,7-10,12-15H2. The van der Waals surface area contributed by atoms with Crippen LogP contribution in [-0.4, -0.2) is 59.3 Å². The quantitative estimate of drug-likeness (QED) is 0.609. The number of nitrogens with zero attached hydrogens (tertiary/aromatic N) is 4. The molecule has 0 atom stereocenters. The lowest BCUT2D eigenvalue weighted by atomic mass is 9.95. The molecule has 0 unspecified atom stereocenters. The van der Waals surface area contributed by atoms with Crippen LogP contribution in [0.5, 0.6) is 0 Å². The number of carbonyl (C=O) groups excluding carboxylic acids is 1. The average Bonchev–Trinajstić information content (AvgIpc) is 3.38. The Morgan fingerprint density at radius 2 is 1.62 bits per heavy atom. The lowest BCUT2D eigenvalue weighted by Gasteiger charge is -2.37. The number of hydrogen-bond acceptors (Lipinski definition) is 4. The molecule has 0 saturated carbocycles. The number of rotatable bonds is 4. The molecule has 1 aromatic heterocycles. The molecule has 2 fully saturated rings. The molecular weight excluding hydrogens is 424 g/mol. The van der Waals surface area contributed by atoms with Crippen molar-refractivity contribution in [2.75, 3.05) is 26.2 Å². The summed E-state index contributed by atoms with van der Waals surface area (Å²) in [4.78, 5) is 19.5. The van der Waals surface area contributed by atoms with Crippen molar-refractivity contribution in [2.45, 2.75) is 36.6 Å². The third kappa shape index (κ3) is 4.04. The summed E-state index contributed by atoms with van der Waals surface area (Å²) in [6.45, 7) is 2.27. The van der Waals surface area contributed by atoms with Gasteiger partial charge in [-0.1, -0.05) is 30.3 Å². The molecule has 2 saturated heterocycles. The minimum absolute atomic E-state index is 0.0946. The van der Waals surface area contributed by atoms with Gasteiger partial charge >= 0.3 is 0 Å². The van der Waals surface area contributed by atoms with Gasteiger partial charge in [-0.3, -0.25) is 4.79 Å². The molecule has 2 aliphatic heterocycles. The Morgan fingerprint density at radius 3 is 2.31 bits per heavy atom. The molecule has 0 bridgehead atoms. The van der Waals surface area contributed by atoms with Crippen molar-refractivity contribution in [2.24, 2.45) is 5.92 Å². The third-order valence-corrected chi connectivity index (χ3v) is 8.78. The Bertz CT molecular complexity index is 1190. The van der Waals surface area contributed by atoms with Crippen LogP contribution in [0.15, 0.2) is 66.1 Å². The van der Waals surface area contributed by atoms with Gasteiger partial charge in [0.15, 0.2) is 0 Å². The molecule has 0 spiro atoms. The normalized spacial score (nSPS) is 19.4. The molecule has 1 amide bonds. The molecule has 2 aromatic carbocycles. The summed E-state index contributed by atoms with van der Waals surface area (Å²) in [6, 6.07) is 13.4. The second-order valence-electron chi connectivity index (χ2n) is 8.75. The highest BCUT2D eigenvalue weighted by atomic mass is 32.2. The van der Waals surface area contributed by atoms with E-state index in [4.69, 9.17) is 0 Å². The third-order valence-electron chi connectivity index (χ3n) is 6.88. The molecular formula is C24H28N4O3S. The van der Waals surface area contributed by atoms with Gasteiger partial charge in [-0.05, 0) is 48.6 Å². The maximum absolute atomic E-state index is 13.2. The van der Waals surface area contributed by atoms with E-state index in [1.807, 2.05) is 47.8 Å². The number of hydrogen-bond donors (Lipinski definition) is 0. The Morgan fingerprint density at radius 1 is 0.906 bits per heavy atom. The molecule has 0 aliphatic carbocycles. The van der Waals surface area contributed by atoms with E-state index in [2.05, 4.69) is 9.55 Å². The van der Waals surface area contributed by atoms with E-state index in [1.165, 1.54) is 4.31 Å². The van der Waals surface area contributed by atoms with Crippen molar-refractivity contribution in [1.82, 2.24) is 18.8 Å². The summed E-state index contributed by atoms with van der Waals surface area (Å²) in [5.74, 6) is 0.0830. The van der Waals surface area contributed by atoms with Gasteiger partial charge in [0.2, 0.25) is 15.9 Å². The van der Waals surface area contributed by atoms with Crippen LogP contribution in [0.2, 0.25) is 0 Å². The number of aromatic nitrogens is 2. The molecule has 0 radical (unpaired) electrons. The first-order valence-corrected chi connectivity index (χ1v) is 12.7. The van der Waals surface area contributed by atoms with E-state index in [1.54, 1.807) is 18.3 Å². The summed E-state index contributed by atoms with van der Waals surface area (Å²) < 4.78 is 30.0. The summed E-state index contributed by atoms with van der Waals surface area (Å²) >= 11 is 0. The van der Waals surface area contributed by atoms with Crippen LogP contribution < -0.4 is 0 Å². The minimum Gasteiger partial charge on any atom is -0.342 e. The SMILES string of the molecule is O=C(C1CCN(S(=O)(=O)c2ccc3ccccc3c2)CC1)N1CCC(n2ccnc2)CC1. The summed E-state index contributed by atoms with van der Waals surface area (Å²) in [5, 5.41) is 1.94. The number of benzene rings is 2. The number of likely N-dealkylation sites (tertiary alicyclic amines) is 1. The monoisotopic (exact) mass is 452 g/mol. The Labute approximate surface area is 188 Å². The first-order chi connectivity index (χ1) is 15.5. The molecule has 7 nitrogen and oxygen atoms in total. The van der Waals surface area contributed by atoms with Gasteiger partial charge in [-0.15, -0.1) is 0 Å². The predicted octanol–water partition coefficient (Wildman–Crippen LogP) is 3.30. The van der Waals surface area contributed by atoms with Gasteiger partial charge in [0.1, 0.15) is 0 Å². The number of sulfonamides is 1. The number of fused-ring (bicyclic) bond motifs is 1. The Kier molecular flexibility index (Phi) is 5.73. The van der Waals surface area contributed by atoms with Crippen LogP contribution in [-0.2, 0) is 14.8 Å². The van der Waals surface area contributed by atoms with E-state index in [9.17, 15) is 13.2 Å². The van der Waals surface area contributed by atoms with Gasteiger partial charge in [-0.25, -0.2) is 13.4 Å². The molecule has 0 N–H and O–H groups in total. The smallest absolute Gasteiger partial charge is 0.243 e. The maximum Gasteiger partial charge on any atom is 0.243 e. The van der Waals surface area contributed by atoms with E-state index in [-0.39, 0.29) is 11.8 Å². The van der Waals surface area contributed by atoms with E-state index >= 15 is 0 Å². The lowest BCUT2D eigenvalue weighted by Crippen LogP contribution is -2.46. The highest BCUT2D eigenvalue weighted by molar-refractivity contribution is 7.89. The molecule has 3 aromatic rings. The molecule has 3 heterocycles. The molecule has 5 rings (SSSR count). The number of imidazole rings is 1. The predicted molar refractivity (Wildman–Crippen MR) is 123 cm³/mol. The molecule has 2 aliphatic rings. The second kappa shape index (κ2) is 8.67. The van der Waals surface area contributed by atoms with Gasteiger partial charge in [-0.2, -0.15) is 4.31 Å². The summed E-state index contributed by atoms with van der Waals surface area (Å²) in [6.07, 6.45) is 8.62. The van der Waals surface area contributed by atoms with Crippen molar-refractivity contribution >= 4 is 26.7 Å². The fourth-order valence-corrected chi connectivity index (χ4v) is 6.45. The Balaban J connectivity index is 1.19. The van der Waals surface area contributed by atoms with Crippen molar-refractivity contribution in [3.63, 3.8) is 0 Å². The van der Waals surface area contributed by atoms with Gasteiger partial charge in [0.05, 0.1) is 11.2 Å². The lowest BCUT2D eigenvalue weighted by molar-refractivity contribution is -0.138. The number of piperidine rings is 2. The van der Waals surface area contributed by atoms with Crippen molar-refractivity contribution < 1.29 is 13.2 Å². The largest absolute Gasteiger partial charge is 0.342 e. The summed E-state index contributed by atoms with van der Waals surface area (Å²) in [7, 11) is -3.56. The zero-order valence-electron chi connectivity index (χ0n) is 18.0. The van der Waals surface area contributed by atoms with Crippen molar-refractivity contribution in [3.05, 3.63) is 61.2 Å². The van der Waals surface area contributed by atoms with Crippen LogP contribution >= 0.6 is 0 Å². The fourth-order valence-electron chi connectivity index (χ4n) is 4.95. The number of amides is 1. The molecule has 32 heavy (non-hydrogen) atoms. The van der Waals surface area contributed by atoms with Gasteiger partial charge in [0.25, 0.3) is 0 Å². The minimum atomic E-state index is -3.56. The highest BCUT2D eigenvalue weighted by Crippen LogP contribution is 2.29. The fraction of sp³-hybridized carbons (Fsp3) is 0.417. The van der Waals surface area contributed by atoms with Gasteiger partial charge < -0.3 is 9.47 Å². The van der Waals surface area contributed by atoms with E-state index in [0.29, 0.717) is 36.9 Å². The van der Waals surface area contributed by atoms with Crippen LogP contribution in [0.3, 0.4) is 0 Å². The van der Waals surface area contributed by atoms with Crippen LogP contribution in [0.4, 0.5) is 0 Å². The highest BCUT2D eigenvalue weighted by Gasteiger charge is 2.35. The second-order valence-corrected chi connectivity index (χ2v) is 10.7. The Hall–Kier alpha value is -2.71. The van der Waals surface area contributed by atoms with E-state index < -0.39 is 10.0 Å². The first kappa shape index (κ1) is 21.2. The van der Waals surface area contributed by atoms with Gasteiger partial charge in [0, 0.05) is 50.5 Å². The van der Waals surface area contributed by atoms with Crippen LogP contribution in [0.25, 0.3) is 10.8 Å². The van der Waals surface area contributed by atoms with Crippen LogP contribution in [0, 0.1) is 5.92 Å². The number of carbonyl (C=O) groups is 1. The topological polar surface area (TPSA) is 75.5 Å². The first-order valence-electron chi connectivity index (χ1n) is 11.3. The zero-order chi connectivity index (χ0) is 22.1. The summed E-state index contributed by atoms with van der Waals surface area (Å²) in [5.41, 5.74) is 0. The van der Waals surface area contributed by atoms with Crippen molar-refractivity contribution in [1.29, 1.82) is 0 Å². The van der Waals surface area contributed by atoms with Crippen molar-refractivity contribution in [3.8, 4) is 0 Å². The van der Waals surface area contributed by atoms with E-state index in [0.717, 1.165) is 36.7 Å². The maximum atomic E-state index is 13.2. The molecule has 8 heteroatoms. The zero-order valence-corrected chi connectivity index (χ0v) is 18.8. The average molecular weight is 453 g/mol. The molecule has 168 valence electrons. The van der Waals surface area contributed by atoms with Crippen LogP contribution in [0.1, 0.15) is 31.7 Å².